The minimum Gasteiger partial charge on any atom is -0.497 e. The number of methoxy groups -OCH3 is 1. The van der Waals surface area contributed by atoms with Gasteiger partial charge in [-0.2, -0.15) is 0 Å². The lowest BCUT2D eigenvalue weighted by atomic mass is 10.2. The summed E-state index contributed by atoms with van der Waals surface area (Å²) in [6.45, 7) is 0.300. The molecule has 0 atom stereocenters. The number of hydrogen-bond donors (Lipinski definition) is 2. The fourth-order valence-corrected chi connectivity index (χ4v) is 2.42. The van der Waals surface area contributed by atoms with E-state index < -0.39 is 5.97 Å². The highest BCUT2D eigenvalue weighted by Gasteiger charge is 2.09. The van der Waals surface area contributed by atoms with Gasteiger partial charge in [0.1, 0.15) is 5.75 Å². The third-order valence-electron chi connectivity index (χ3n) is 2.66. The van der Waals surface area contributed by atoms with E-state index >= 15 is 0 Å². The van der Waals surface area contributed by atoms with Crippen LogP contribution in [0, 0.1) is 0 Å². The zero-order chi connectivity index (χ0) is 14.5. The van der Waals surface area contributed by atoms with E-state index in [9.17, 15) is 9.59 Å². The number of nitrogens with one attached hydrogen (secondary N) is 1. The van der Waals surface area contributed by atoms with E-state index in [0.29, 0.717) is 17.9 Å². The summed E-state index contributed by atoms with van der Waals surface area (Å²) in [4.78, 5) is 23.5. The lowest BCUT2D eigenvalue weighted by molar-refractivity contribution is 0.0697. The maximum absolute atomic E-state index is 11.9. The summed E-state index contributed by atoms with van der Waals surface area (Å²) in [7, 11) is 1.54. The molecular formula is C14H13NO4S. The first-order chi connectivity index (χ1) is 9.60. The predicted octanol–water partition coefficient (Wildman–Crippen LogP) is 2.38. The van der Waals surface area contributed by atoms with Gasteiger partial charge in [-0.05, 0) is 24.3 Å². The van der Waals surface area contributed by atoms with Crippen LogP contribution in [0.15, 0.2) is 35.7 Å². The molecule has 1 amide bonds. The zero-order valence-electron chi connectivity index (χ0n) is 10.8. The molecule has 0 fully saturated rings. The van der Waals surface area contributed by atoms with Crippen LogP contribution < -0.4 is 10.1 Å². The highest BCUT2D eigenvalue weighted by atomic mass is 32.1. The average Bonchev–Trinajstić information content (AvgIpc) is 2.94. The second-order valence-corrected chi connectivity index (χ2v) is 5.02. The molecule has 0 saturated heterocycles. The van der Waals surface area contributed by atoms with Crippen molar-refractivity contribution >= 4 is 23.2 Å². The molecule has 0 bridgehead atoms. The quantitative estimate of drug-likeness (QED) is 0.887. The Hall–Kier alpha value is -2.34. The van der Waals surface area contributed by atoms with Crippen molar-refractivity contribution in [1.82, 2.24) is 5.32 Å². The van der Waals surface area contributed by atoms with Crippen LogP contribution in [-0.2, 0) is 6.54 Å². The summed E-state index contributed by atoms with van der Waals surface area (Å²) in [5.41, 5.74) is 0.736. The first kappa shape index (κ1) is 14.1. The largest absolute Gasteiger partial charge is 0.497 e. The topological polar surface area (TPSA) is 75.6 Å². The van der Waals surface area contributed by atoms with Gasteiger partial charge in [-0.1, -0.05) is 6.07 Å². The smallest absolute Gasteiger partial charge is 0.336 e. The SMILES string of the molecule is COc1cccc(C(=O)NCc2cc(C(=O)O)cs2)c1. The Morgan fingerprint density at radius 3 is 2.75 bits per heavy atom. The van der Waals surface area contributed by atoms with Gasteiger partial charge < -0.3 is 15.2 Å². The van der Waals surface area contributed by atoms with E-state index in [1.54, 1.807) is 35.7 Å². The van der Waals surface area contributed by atoms with Crippen molar-refractivity contribution in [3.8, 4) is 5.75 Å². The Balaban J connectivity index is 1.98. The van der Waals surface area contributed by atoms with Crippen LogP contribution in [0.25, 0.3) is 0 Å². The molecule has 1 aromatic heterocycles. The van der Waals surface area contributed by atoms with Crippen LogP contribution in [0.5, 0.6) is 5.75 Å². The number of benzene rings is 1. The second kappa shape index (κ2) is 6.21. The molecule has 2 N–H and O–H groups in total. The summed E-state index contributed by atoms with van der Waals surface area (Å²) in [5, 5.41) is 13.1. The normalized spacial score (nSPS) is 10.1. The van der Waals surface area contributed by atoms with Crippen molar-refractivity contribution in [3.05, 3.63) is 51.7 Å². The number of carboxylic acids is 1. The fraction of sp³-hybridized carbons (Fsp3) is 0.143. The zero-order valence-corrected chi connectivity index (χ0v) is 11.6. The van der Waals surface area contributed by atoms with Gasteiger partial charge in [0.05, 0.1) is 19.2 Å². The lowest BCUT2D eigenvalue weighted by Crippen LogP contribution is -2.22. The Morgan fingerprint density at radius 1 is 1.30 bits per heavy atom. The summed E-state index contributed by atoms with van der Waals surface area (Å²) < 4.78 is 5.05. The Kier molecular flexibility index (Phi) is 4.37. The van der Waals surface area contributed by atoms with Crippen LogP contribution in [-0.4, -0.2) is 24.1 Å². The van der Waals surface area contributed by atoms with Gasteiger partial charge >= 0.3 is 5.97 Å². The number of carbonyl (C=O) groups is 2. The van der Waals surface area contributed by atoms with Gasteiger partial charge in [-0.15, -0.1) is 11.3 Å². The molecule has 0 aliphatic rings. The molecule has 0 unspecified atom stereocenters. The van der Waals surface area contributed by atoms with Crippen molar-refractivity contribution in [3.63, 3.8) is 0 Å². The highest BCUT2D eigenvalue weighted by Crippen LogP contribution is 2.15. The van der Waals surface area contributed by atoms with Gasteiger partial charge in [0.15, 0.2) is 0 Å². The molecule has 2 aromatic rings. The predicted molar refractivity (Wildman–Crippen MR) is 75.4 cm³/mol. The molecule has 104 valence electrons. The number of thiophene rings is 1. The molecule has 1 aromatic carbocycles. The minimum atomic E-state index is -0.966. The Labute approximate surface area is 119 Å². The first-order valence-electron chi connectivity index (χ1n) is 5.83. The van der Waals surface area contributed by atoms with Gasteiger partial charge in [0, 0.05) is 15.8 Å². The Bertz CT molecular complexity index is 636. The van der Waals surface area contributed by atoms with E-state index in [4.69, 9.17) is 9.84 Å². The van der Waals surface area contributed by atoms with Crippen molar-refractivity contribution in [2.75, 3.05) is 7.11 Å². The van der Waals surface area contributed by atoms with E-state index in [1.807, 2.05) is 0 Å². The molecule has 2 rings (SSSR count). The number of carbonyl (C=O) groups excluding carboxylic acids is 1. The van der Waals surface area contributed by atoms with Crippen molar-refractivity contribution in [1.29, 1.82) is 0 Å². The molecule has 0 radical (unpaired) electrons. The molecule has 5 nitrogen and oxygen atoms in total. The number of carboxylic acid groups (broad SMARTS) is 1. The van der Waals surface area contributed by atoms with Gasteiger partial charge in [0.2, 0.25) is 0 Å². The van der Waals surface area contributed by atoms with Crippen molar-refractivity contribution < 1.29 is 19.4 Å². The number of ether oxygens (including phenoxy) is 1. The standard InChI is InChI=1S/C14H13NO4S/c1-19-11-4-2-3-9(5-11)13(16)15-7-12-6-10(8-20-12)14(17)18/h2-6,8H,7H2,1H3,(H,15,16)(H,17,18). The van der Waals surface area contributed by atoms with Gasteiger partial charge in [0.25, 0.3) is 5.91 Å². The molecule has 0 saturated carbocycles. The van der Waals surface area contributed by atoms with Gasteiger partial charge in [-0.3, -0.25) is 4.79 Å². The summed E-state index contributed by atoms with van der Waals surface area (Å²) in [5.74, 6) is -0.581. The number of rotatable bonds is 5. The van der Waals surface area contributed by atoms with Gasteiger partial charge in [-0.25, -0.2) is 4.79 Å². The maximum Gasteiger partial charge on any atom is 0.336 e. The third-order valence-corrected chi connectivity index (χ3v) is 3.59. The van der Waals surface area contributed by atoms with Crippen LogP contribution in [0.3, 0.4) is 0 Å². The average molecular weight is 291 g/mol. The Morgan fingerprint density at radius 2 is 2.10 bits per heavy atom. The van der Waals surface area contributed by atoms with E-state index in [1.165, 1.54) is 18.4 Å². The number of hydrogen-bond acceptors (Lipinski definition) is 4. The van der Waals surface area contributed by atoms with Crippen LogP contribution in [0.2, 0.25) is 0 Å². The monoisotopic (exact) mass is 291 g/mol. The second-order valence-electron chi connectivity index (χ2n) is 4.02. The van der Waals surface area contributed by atoms with Crippen LogP contribution in [0.4, 0.5) is 0 Å². The third kappa shape index (κ3) is 3.36. The fourth-order valence-electron chi connectivity index (χ4n) is 1.62. The molecule has 0 aliphatic heterocycles. The summed E-state index contributed by atoms with van der Waals surface area (Å²) in [6, 6.07) is 8.39. The molecule has 0 spiro atoms. The maximum atomic E-state index is 11.9. The van der Waals surface area contributed by atoms with Crippen molar-refractivity contribution in [2.45, 2.75) is 6.54 Å². The molecule has 6 heteroatoms. The van der Waals surface area contributed by atoms with E-state index in [-0.39, 0.29) is 11.5 Å². The van der Waals surface area contributed by atoms with Crippen LogP contribution >= 0.6 is 11.3 Å². The summed E-state index contributed by atoms with van der Waals surface area (Å²) in [6.07, 6.45) is 0. The summed E-state index contributed by atoms with van der Waals surface area (Å²) >= 11 is 1.30. The number of amides is 1. The molecule has 20 heavy (non-hydrogen) atoms. The lowest BCUT2D eigenvalue weighted by Gasteiger charge is -2.05. The highest BCUT2D eigenvalue weighted by molar-refractivity contribution is 7.10. The minimum absolute atomic E-state index is 0.228. The molecular weight excluding hydrogens is 278 g/mol. The molecule has 1 heterocycles. The first-order valence-corrected chi connectivity index (χ1v) is 6.71. The molecule has 0 aliphatic carbocycles. The van der Waals surface area contributed by atoms with E-state index in [2.05, 4.69) is 5.32 Å². The number of aromatic carboxylic acids is 1. The van der Waals surface area contributed by atoms with E-state index in [0.717, 1.165) is 4.88 Å². The van der Waals surface area contributed by atoms with Crippen molar-refractivity contribution in [2.24, 2.45) is 0 Å². The van der Waals surface area contributed by atoms with Crippen LogP contribution in [0.1, 0.15) is 25.6 Å².